The number of benzene rings is 2. The van der Waals surface area contributed by atoms with Crippen LogP contribution in [-0.4, -0.2) is 24.5 Å². The van der Waals surface area contributed by atoms with Crippen LogP contribution in [0.2, 0.25) is 0 Å². The molecule has 0 radical (unpaired) electrons. The summed E-state index contributed by atoms with van der Waals surface area (Å²) in [6, 6.07) is 16.4. The fourth-order valence-corrected chi connectivity index (χ4v) is 3.05. The van der Waals surface area contributed by atoms with Gasteiger partial charge in [0.25, 0.3) is 0 Å². The first-order chi connectivity index (χ1) is 10.7. The SMILES string of the molecule is C=CC(=O)N1Cc2ccccc2[C@H](c2cccc(OC)c2)C1. The van der Waals surface area contributed by atoms with Gasteiger partial charge < -0.3 is 9.64 Å². The standard InChI is InChI=1S/C19H19NO2/c1-3-19(21)20-12-15-7-4-5-10-17(15)18(13-20)14-8-6-9-16(11-14)22-2/h3-11,18H,1,12-13H2,2H3/t18-/m0/s1. The summed E-state index contributed by atoms with van der Waals surface area (Å²) < 4.78 is 5.33. The molecule has 22 heavy (non-hydrogen) atoms. The lowest BCUT2D eigenvalue weighted by Crippen LogP contribution is -2.37. The zero-order valence-electron chi connectivity index (χ0n) is 12.7. The van der Waals surface area contributed by atoms with Crippen LogP contribution in [0.25, 0.3) is 0 Å². The Morgan fingerprint density at radius 1 is 1.27 bits per heavy atom. The van der Waals surface area contributed by atoms with Gasteiger partial charge in [0, 0.05) is 19.0 Å². The molecule has 0 aromatic heterocycles. The van der Waals surface area contributed by atoms with Gasteiger partial charge in [-0.1, -0.05) is 43.0 Å². The Kier molecular flexibility index (Phi) is 3.96. The fraction of sp³-hybridized carbons (Fsp3) is 0.211. The number of carbonyl (C=O) groups is 1. The molecule has 0 spiro atoms. The predicted molar refractivity (Wildman–Crippen MR) is 86.9 cm³/mol. The Labute approximate surface area is 130 Å². The Morgan fingerprint density at radius 3 is 2.86 bits per heavy atom. The molecule has 0 aliphatic carbocycles. The van der Waals surface area contributed by atoms with Gasteiger partial charge in [0.05, 0.1) is 7.11 Å². The van der Waals surface area contributed by atoms with E-state index in [1.165, 1.54) is 17.2 Å². The lowest BCUT2D eigenvalue weighted by atomic mass is 9.84. The van der Waals surface area contributed by atoms with Crippen molar-refractivity contribution in [1.82, 2.24) is 4.90 Å². The normalized spacial score (nSPS) is 16.8. The molecule has 0 fully saturated rings. The van der Waals surface area contributed by atoms with Gasteiger partial charge in [-0.25, -0.2) is 0 Å². The average Bonchev–Trinajstić information content (AvgIpc) is 2.60. The van der Waals surface area contributed by atoms with Crippen LogP contribution in [0.15, 0.2) is 61.2 Å². The van der Waals surface area contributed by atoms with Gasteiger partial charge in [-0.2, -0.15) is 0 Å². The molecule has 0 saturated heterocycles. The van der Waals surface area contributed by atoms with Crippen LogP contribution in [0.1, 0.15) is 22.6 Å². The molecular formula is C19H19NO2. The van der Waals surface area contributed by atoms with Crippen LogP contribution in [0.4, 0.5) is 0 Å². The largest absolute Gasteiger partial charge is 0.497 e. The summed E-state index contributed by atoms with van der Waals surface area (Å²) in [4.78, 5) is 13.9. The van der Waals surface area contributed by atoms with Crippen molar-refractivity contribution in [1.29, 1.82) is 0 Å². The number of amides is 1. The highest BCUT2D eigenvalue weighted by atomic mass is 16.5. The Bertz CT molecular complexity index is 708. The van der Waals surface area contributed by atoms with Crippen molar-refractivity contribution >= 4 is 5.91 Å². The lowest BCUT2D eigenvalue weighted by molar-refractivity contribution is -0.127. The van der Waals surface area contributed by atoms with E-state index in [0.29, 0.717) is 13.1 Å². The van der Waals surface area contributed by atoms with Crippen LogP contribution in [0.5, 0.6) is 5.75 Å². The van der Waals surface area contributed by atoms with Crippen molar-refractivity contribution in [3.8, 4) is 5.75 Å². The van der Waals surface area contributed by atoms with Gasteiger partial charge in [0.15, 0.2) is 0 Å². The van der Waals surface area contributed by atoms with E-state index in [1.54, 1.807) is 7.11 Å². The van der Waals surface area contributed by atoms with E-state index in [4.69, 9.17) is 4.74 Å². The first kappa shape index (κ1) is 14.4. The third kappa shape index (κ3) is 2.62. The fourth-order valence-electron chi connectivity index (χ4n) is 3.05. The molecule has 112 valence electrons. The predicted octanol–water partition coefficient (Wildman–Crippen LogP) is 3.36. The van der Waals surface area contributed by atoms with E-state index in [1.807, 2.05) is 29.2 Å². The van der Waals surface area contributed by atoms with E-state index >= 15 is 0 Å². The van der Waals surface area contributed by atoms with Crippen molar-refractivity contribution in [3.05, 3.63) is 77.9 Å². The molecule has 1 heterocycles. The number of hydrogen-bond donors (Lipinski definition) is 0. The zero-order chi connectivity index (χ0) is 15.5. The third-order valence-electron chi connectivity index (χ3n) is 4.18. The summed E-state index contributed by atoms with van der Waals surface area (Å²) in [6.07, 6.45) is 1.39. The first-order valence-corrected chi connectivity index (χ1v) is 7.36. The summed E-state index contributed by atoms with van der Waals surface area (Å²) in [6.45, 7) is 4.91. The number of methoxy groups -OCH3 is 1. The summed E-state index contributed by atoms with van der Waals surface area (Å²) in [5, 5.41) is 0. The number of hydrogen-bond acceptors (Lipinski definition) is 2. The summed E-state index contributed by atoms with van der Waals surface area (Å²) in [7, 11) is 1.67. The minimum Gasteiger partial charge on any atom is -0.497 e. The molecule has 1 aliphatic rings. The van der Waals surface area contributed by atoms with Gasteiger partial charge in [0.1, 0.15) is 5.75 Å². The van der Waals surface area contributed by atoms with Gasteiger partial charge in [-0.3, -0.25) is 4.79 Å². The number of nitrogens with zero attached hydrogens (tertiary/aromatic N) is 1. The van der Waals surface area contributed by atoms with Crippen molar-refractivity contribution in [2.75, 3.05) is 13.7 Å². The second-order valence-electron chi connectivity index (χ2n) is 5.45. The average molecular weight is 293 g/mol. The highest BCUT2D eigenvalue weighted by Gasteiger charge is 2.28. The molecule has 0 N–H and O–H groups in total. The van der Waals surface area contributed by atoms with Gasteiger partial charge in [-0.15, -0.1) is 0 Å². The highest BCUT2D eigenvalue weighted by molar-refractivity contribution is 5.87. The maximum absolute atomic E-state index is 12.1. The number of rotatable bonds is 3. The van der Waals surface area contributed by atoms with Crippen LogP contribution in [0.3, 0.4) is 0 Å². The second kappa shape index (κ2) is 6.06. The quantitative estimate of drug-likeness (QED) is 0.812. The van der Waals surface area contributed by atoms with Crippen LogP contribution in [-0.2, 0) is 11.3 Å². The van der Waals surface area contributed by atoms with Crippen molar-refractivity contribution < 1.29 is 9.53 Å². The molecule has 2 aromatic carbocycles. The maximum atomic E-state index is 12.1. The van der Waals surface area contributed by atoms with Gasteiger partial charge in [-0.05, 0) is 34.9 Å². The first-order valence-electron chi connectivity index (χ1n) is 7.36. The monoisotopic (exact) mass is 293 g/mol. The molecule has 1 atom stereocenters. The number of fused-ring (bicyclic) bond motifs is 1. The number of ether oxygens (including phenoxy) is 1. The lowest BCUT2D eigenvalue weighted by Gasteiger charge is -2.34. The summed E-state index contributed by atoms with van der Waals surface area (Å²) in [5.41, 5.74) is 3.63. The summed E-state index contributed by atoms with van der Waals surface area (Å²) >= 11 is 0. The van der Waals surface area contributed by atoms with E-state index in [-0.39, 0.29) is 11.8 Å². The smallest absolute Gasteiger partial charge is 0.246 e. The topological polar surface area (TPSA) is 29.5 Å². The molecule has 0 bridgehead atoms. The van der Waals surface area contributed by atoms with Crippen molar-refractivity contribution in [3.63, 3.8) is 0 Å². The number of carbonyl (C=O) groups excluding carboxylic acids is 1. The van der Waals surface area contributed by atoms with E-state index in [9.17, 15) is 4.79 Å². The molecule has 3 heteroatoms. The molecule has 2 aromatic rings. The second-order valence-corrected chi connectivity index (χ2v) is 5.45. The molecule has 3 nitrogen and oxygen atoms in total. The van der Waals surface area contributed by atoms with Crippen molar-refractivity contribution in [2.45, 2.75) is 12.5 Å². The molecule has 3 rings (SSSR count). The Balaban J connectivity index is 2.04. The Hall–Kier alpha value is -2.55. The maximum Gasteiger partial charge on any atom is 0.246 e. The highest BCUT2D eigenvalue weighted by Crippen LogP contribution is 2.34. The minimum atomic E-state index is -0.0256. The van der Waals surface area contributed by atoms with Crippen molar-refractivity contribution in [2.24, 2.45) is 0 Å². The van der Waals surface area contributed by atoms with Crippen LogP contribution < -0.4 is 4.74 Å². The minimum absolute atomic E-state index is 0.0256. The van der Waals surface area contributed by atoms with E-state index in [0.717, 1.165) is 11.3 Å². The van der Waals surface area contributed by atoms with Crippen LogP contribution >= 0.6 is 0 Å². The molecule has 1 amide bonds. The zero-order valence-corrected chi connectivity index (χ0v) is 12.7. The molecule has 0 saturated carbocycles. The molecule has 0 unspecified atom stereocenters. The summed E-state index contributed by atoms with van der Waals surface area (Å²) in [5.74, 6) is 0.966. The van der Waals surface area contributed by atoms with Crippen LogP contribution in [0, 0.1) is 0 Å². The van der Waals surface area contributed by atoms with Gasteiger partial charge in [0.2, 0.25) is 5.91 Å². The Morgan fingerprint density at radius 2 is 2.09 bits per heavy atom. The third-order valence-corrected chi connectivity index (χ3v) is 4.18. The molecule has 1 aliphatic heterocycles. The van der Waals surface area contributed by atoms with Gasteiger partial charge >= 0.3 is 0 Å². The molecular weight excluding hydrogens is 274 g/mol. The van der Waals surface area contributed by atoms with E-state index in [2.05, 4.69) is 30.8 Å². The van der Waals surface area contributed by atoms with E-state index < -0.39 is 0 Å².